The molecule has 3 rings (SSSR count). The fourth-order valence-electron chi connectivity index (χ4n) is 2.34. The average molecular weight is 354 g/mol. The van der Waals surface area contributed by atoms with E-state index in [9.17, 15) is 9.59 Å². The lowest BCUT2D eigenvalue weighted by molar-refractivity contribution is -0.155. The molecule has 134 valence electrons. The molecule has 0 saturated heterocycles. The fraction of sp³-hybridized carbons (Fsp3) is 0.211. The van der Waals surface area contributed by atoms with E-state index in [2.05, 4.69) is 10.5 Å². The molecule has 7 nitrogen and oxygen atoms in total. The molecule has 0 aliphatic rings. The molecule has 0 aliphatic carbocycles. The van der Waals surface area contributed by atoms with Crippen molar-refractivity contribution in [2.75, 3.05) is 11.9 Å². The van der Waals surface area contributed by atoms with Gasteiger partial charge in [0.25, 0.3) is 11.8 Å². The summed E-state index contributed by atoms with van der Waals surface area (Å²) >= 11 is 0. The highest BCUT2D eigenvalue weighted by atomic mass is 16.6. The minimum absolute atomic E-state index is 0.188. The Balaban J connectivity index is 1.52. The SMILES string of the molecule is Cc1cc(OCC(=O)O[C@@H](C)C(=O)Nc2ccc3ccccc3c2)no1. The quantitative estimate of drug-likeness (QED) is 0.684. The van der Waals surface area contributed by atoms with Crippen molar-refractivity contribution in [3.8, 4) is 5.88 Å². The van der Waals surface area contributed by atoms with Gasteiger partial charge in [-0.3, -0.25) is 4.79 Å². The molecule has 0 bridgehead atoms. The number of anilines is 1. The number of amides is 1. The zero-order chi connectivity index (χ0) is 18.5. The van der Waals surface area contributed by atoms with E-state index in [0.29, 0.717) is 11.4 Å². The molecule has 2 aromatic carbocycles. The summed E-state index contributed by atoms with van der Waals surface area (Å²) in [6, 6.07) is 14.9. The highest BCUT2D eigenvalue weighted by Crippen LogP contribution is 2.19. The number of rotatable bonds is 6. The molecule has 1 aromatic heterocycles. The van der Waals surface area contributed by atoms with Crippen LogP contribution in [-0.4, -0.2) is 29.7 Å². The summed E-state index contributed by atoms with van der Waals surface area (Å²) in [4.78, 5) is 24.0. The first-order valence-electron chi connectivity index (χ1n) is 8.06. The van der Waals surface area contributed by atoms with Gasteiger partial charge in [-0.2, -0.15) is 0 Å². The van der Waals surface area contributed by atoms with E-state index in [-0.39, 0.29) is 12.5 Å². The lowest BCUT2D eigenvalue weighted by Crippen LogP contribution is -2.31. The van der Waals surface area contributed by atoms with E-state index in [1.165, 1.54) is 6.92 Å². The van der Waals surface area contributed by atoms with Crippen molar-refractivity contribution in [3.05, 3.63) is 54.3 Å². The number of aromatic nitrogens is 1. The Labute approximate surface area is 149 Å². The van der Waals surface area contributed by atoms with Crippen molar-refractivity contribution in [1.82, 2.24) is 5.16 Å². The van der Waals surface area contributed by atoms with Gasteiger partial charge >= 0.3 is 5.97 Å². The van der Waals surface area contributed by atoms with Crippen LogP contribution < -0.4 is 10.1 Å². The van der Waals surface area contributed by atoms with Gasteiger partial charge in [0.15, 0.2) is 12.7 Å². The van der Waals surface area contributed by atoms with Crippen molar-refractivity contribution < 1.29 is 23.6 Å². The number of hydrogen-bond donors (Lipinski definition) is 1. The monoisotopic (exact) mass is 354 g/mol. The number of nitrogens with zero attached hydrogens (tertiary/aromatic N) is 1. The number of hydrogen-bond acceptors (Lipinski definition) is 6. The molecule has 0 unspecified atom stereocenters. The van der Waals surface area contributed by atoms with E-state index in [1.54, 1.807) is 19.1 Å². The third-order valence-electron chi connectivity index (χ3n) is 3.64. The predicted molar refractivity (Wildman–Crippen MR) is 94.9 cm³/mol. The van der Waals surface area contributed by atoms with E-state index < -0.39 is 18.0 Å². The van der Waals surface area contributed by atoms with E-state index in [0.717, 1.165) is 10.8 Å². The Morgan fingerprint density at radius 3 is 2.65 bits per heavy atom. The predicted octanol–water partition coefficient (Wildman–Crippen LogP) is 3.09. The maximum absolute atomic E-state index is 12.2. The van der Waals surface area contributed by atoms with Crippen LogP contribution >= 0.6 is 0 Å². The number of carbonyl (C=O) groups excluding carboxylic acids is 2. The molecule has 3 aromatic rings. The Morgan fingerprint density at radius 1 is 1.15 bits per heavy atom. The molecular weight excluding hydrogens is 336 g/mol. The van der Waals surface area contributed by atoms with Crippen LogP contribution in [0, 0.1) is 6.92 Å². The minimum atomic E-state index is -0.961. The summed E-state index contributed by atoms with van der Waals surface area (Å²) in [5.74, 6) is -0.345. The van der Waals surface area contributed by atoms with Crippen LogP contribution in [-0.2, 0) is 14.3 Å². The molecule has 7 heteroatoms. The van der Waals surface area contributed by atoms with Crippen LogP contribution in [0.1, 0.15) is 12.7 Å². The van der Waals surface area contributed by atoms with Crippen molar-refractivity contribution >= 4 is 28.3 Å². The maximum atomic E-state index is 12.2. The fourth-order valence-corrected chi connectivity index (χ4v) is 2.34. The largest absolute Gasteiger partial charge is 0.463 e. The zero-order valence-corrected chi connectivity index (χ0v) is 14.4. The molecule has 1 atom stereocenters. The number of ether oxygens (including phenoxy) is 2. The van der Waals surface area contributed by atoms with Crippen molar-refractivity contribution in [2.24, 2.45) is 0 Å². The lowest BCUT2D eigenvalue weighted by Gasteiger charge is -2.13. The third kappa shape index (κ3) is 4.38. The molecular formula is C19H18N2O5. The summed E-state index contributed by atoms with van der Waals surface area (Å²) < 4.78 is 15.0. The Kier molecular flexibility index (Phi) is 5.17. The summed E-state index contributed by atoms with van der Waals surface area (Å²) in [5, 5.41) is 8.41. The van der Waals surface area contributed by atoms with Gasteiger partial charge in [0.2, 0.25) is 0 Å². The molecule has 1 amide bonds. The second-order valence-corrected chi connectivity index (χ2v) is 5.75. The van der Waals surface area contributed by atoms with Crippen LogP contribution in [0.3, 0.4) is 0 Å². The Bertz CT molecular complexity index is 934. The third-order valence-corrected chi connectivity index (χ3v) is 3.64. The number of fused-ring (bicyclic) bond motifs is 1. The van der Waals surface area contributed by atoms with E-state index >= 15 is 0 Å². The first-order valence-corrected chi connectivity index (χ1v) is 8.06. The molecule has 0 fully saturated rings. The summed E-state index contributed by atoms with van der Waals surface area (Å²) in [6.07, 6.45) is -0.961. The standard InChI is InChI=1S/C19H18N2O5/c1-12-9-17(21-26-12)24-11-18(22)25-13(2)19(23)20-16-8-7-14-5-3-4-6-15(14)10-16/h3-10,13H,11H2,1-2H3,(H,20,23)/t13-/m0/s1. The van der Waals surface area contributed by atoms with Crippen LogP contribution in [0.5, 0.6) is 5.88 Å². The number of benzene rings is 2. The molecule has 26 heavy (non-hydrogen) atoms. The molecule has 1 N–H and O–H groups in total. The topological polar surface area (TPSA) is 90.7 Å². The summed E-state index contributed by atoms with van der Waals surface area (Å²) in [6.45, 7) is 2.84. The Morgan fingerprint density at radius 2 is 1.92 bits per heavy atom. The van der Waals surface area contributed by atoms with Crippen LogP contribution in [0.25, 0.3) is 10.8 Å². The lowest BCUT2D eigenvalue weighted by atomic mass is 10.1. The summed E-state index contributed by atoms with van der Waals surface area (Å²) in [7, 11) is 0. The average Bonchev–Trinajstić information content (AvgIpc) is 3.05. The molecule has 0 spiro atoms. The Hall–Kier alpha value is -3.35. The second kappa shape index (κ2) is 7.69. The van der Waals surface area contributed by atoms with Gasteiger partial charge in [-0.25, -0.2) is 4.79 Å². The highest BCUT2D eigenvalue weighted by Gasteiger charge is 2.18. The normalized spacial score (nSPS) is 11.8. The molecule has 0 radical (unpaired) electrons. The highest BCUT2D eigenvalue weighted by molar-refractivity contribution is 5.97. The van der Waals surface area contributed by atoms with Gasteiger partial charge in [0.05, 0.1) is 0 Å². The summed E-state index contributed by atoms with van der Waals surface area (Å²) in [5.41, 5.74) is 0.630. The van der Waals surface area contributed by atoms with Gasteiger partial charge in [-0.1, -0.05) is 30.3 Å². The number of carbonyl (C=O) groups is 2. The molecule has 0 saturated carbocycles. The van der Waals surface area contributed by atoms with Crippen LogP contribution in [0.15, 0.2) is 53.1 Å². The van der Waals surface area contributed by atoms with Crippen molar-refractivity contribution in [2.45, 2.75) is 20.0 Å². The van der Waals surface area contributed by atoms with E-state index in [4.69, 9.17) is 14.0 Å². The first kappa shape index (κ1) is 17.5. The van der Waals surface area contributed by atoms with E-state index in [1.807, 2.05) is 36.4 Å². The van der Waals surface area contributed by atoms with Gasteiger partial charge in [0.1, 0.15) is 5.76 Å². The molecule has 0 aliphatic heterocycles. The second-order valence-electron chi connectivity index (χ2n) is 5.75. The first-order chi connectivity index (χ1) is 12.5. The van der Waals surface area contributed by atoms with Gasteiger partial charge < -0.3 is 19.3 Å². The molecule has 1 heterocycles. The maximum Gasteiger partial charge on any atom is 0.345 e. The number of esters is 1. The van der Waals surface area contributed by atoms with Crippen molar-refractivity contribution in [3.63, 3.8) is 0 Å². The number of aryl methyl sites for hydroxylation is 1. The van der Waals surface area contributed by atoms with Crippen molar-refractivity contribution in [1.29, 1.82) is 0 Å². The van der Waals surface area contributed by atoms with Crippen LogP contribution in [0.2, 0.25) is 0 Å². The van der Waals surface area contributed by atoms with Gasteiger partial charge in [0, 0.05) is 11.8 Å². The minimum Gasteiger partial charge on any atom is -0.463 e. The van der Waals surface area contributed by atoms with Gasteiger partial charge in [-0.15, -0.1) is 0 Å². The van der Waals surface area contributed by atoms with Gasteiger partial charge in [-0.05, 0) is 41.9 Å². The number of nitrogens with one attached hydrogen (secondary N) is 1. The zero-order valence-electron chi connectivity index (χ0n) is 14.4. The van der Waals surface area contributed by atoms with Crippen LogP contribution in [0.4, 0.5) is 5.69 Å². The smallest absolute Gasteiger partial charge is 0.345 e.